The molecule has 132 valence electrons. The number of esters is 2. The zero-order chi connectivity index (χ0) is 16.9. The highest BCUT2D eigenvalue weighted by molar-refractivity contribution is 5.91. The summed E-state index contributed by atoms with van der Waals surface area (Å²) in [5, 5.41) is 0. The van der Waals surface area contributed by atoms with Crippen LogP contribution in [0.25, 0.3) is 0 Å². The smallest absolute Gasteiger partial charge is 0.331 e. The number of carbonyl (C=O) groups excluding carboxylic acids is 2. The van der Waals surface area contributed by atoms with Gasteiger partial charge in [0.05, 0.1) is 26.4 Å². The Morgan fingerprint density at radius 1 is 1.13 bits per heavy atom. The molecule has 0 aromatic heterocycles. The lowest BCUT2D eigenvalue weighted by Crippen LogP contribution is -2.36. The molecule has 1 aliphatic heterocycles. The van der Waals surface area contributed by atoms with Crippen molar-refractivity contribution in [3.8, 4) is 0 Å². The van der Waals surface area contributed by atoms with E-state index in [1.54, 1.807) is 0 Å². The van der Waals surface area contributed by atoms with Crippen LogP contribution >= 0.6 is 0 Å². The first-order valence-electron chi connectivity index (χ1n) is 8.43. The molecule has 6 heteroatoms. The van der Waals surface area contributed by atoms with Gasteiger partial charge in [0.2, 0.25) is 0 Å². The summed E-state index contributed by atoms with van der Waals surface area (Å²) in [6.45, 7) is 9.32. The first kappa shape index (κ1) is 19.6. The average molecular weight is 327 g/mol. The third-order valence-corrected chi connectivity index (χ3v) is 3.78. The van der Waals surface area contributed by atoms with E-state index in [2.05, 4.69) is 4.90 Å². The summed E-state index contributed by atoms with van der Waals surface area (Å²) in [6, 6.07) is 0. The molecule has 1 fully saturated rings. The summed E-state index contributed by atoms with van der Waals surface area (Å²) in [7, 11) is 0. The average Bonchev–Trinajstić information content (AvgIpc) is 2.58. The van der Waals surface area contributed by atoms with E-state index < -0.39 is 11.9 Å². The molecular weight excluding hydrogens is 298 g/mol. The number of morpholine rings is 1. The van der Waals surface area contributed by atoms with Crippen molar-refractivity contribution in [1.29, 1.82) is 0 Å². The van der Waals surface area contributed by atoms with Gasteiger partial charge in [-0.2, -0.15) is 0 Å². The molecular formula is C17H29NO5. The van der Waals surface area contributed by atoms with Crippen LogP contribution in [0, 0.1) is 5.92 Å². The number of rotatable bonds is 10. The van der Waals surface area contributed by atoms with Crippen molar-refractivity contribution in [2.45, 2.75) is 33.1 Å². The van der Waals surface area contributed by atoms with Crippen molar-refractivity contribution in [2.24, 2.45) is 5.92 Å². The van der Waals surface area contributed by atoms with Crippen molar-refractivity contribution in [3.63, 3.8) is 0 Å². The summed E-state index contributed by atoms with van der Waals surface area (Å²) in [5.74, 6) is -0.683. The number of ether oxygens (including phenoxy) is 3. The molecule has 1 heterocycles. The molecule has 0 N–H and O–H groups in total. The maximum atomic E-state index is 11.5. The Hall–Kier alpha value is -1.40. The summed E-state index contributed by atoms with van der Waals surface area (Å²) in [4.78, 5) is 25.2. The van der Waals surface area contributed by atoms with Crippen LogP contribution in [0.5, 0.6) is 0 Å². The van der Waals surface area contributed by atoms with Crippen LogP contribution in [0.15, 0.2) is 12.2 Å². The van der Waals surface area contributed by atoms with Gasteiger partial charge in [0, 0.05) is 25.2 Å². The standard InChI is InChI=1S/C17H29NO5/c1-3-15(2)14-23-17(20)7-6-16(19)22-11-5-4-8-18-9-12-21-13-10-18/h6-7,15H,3-5,8-14H2,1-2H3/b7-6+. The quantitative estimate of drug-likeness (QED) is 0.346. The molecule has 0 bridgehead atoms. The Labute approximate surface area is 138 Å². The minimum atomic E-state index is -0.505. The third kappa shape index (κ3) is 10.1. The van der Waals surface area contributed by atoms with E-state index in [0.29, 0.717) is 19.1 Å². The molecule has 1 aliphatic rings. The van der Waals surface area contributed by atoms with E-state index in [4.69, 9.17) is 14.2 Å². The first-order chi connectivity index (χ1) is 11.1. The van der Waals surface area contributed by atoms with Crippen molar-refractivity contribution in [3.05, 3.63) is 12.2 Å². The molecule has 23 heavy (non-hydrogen) atoms. The molecule has 0 saturated carbocycles. The second-order valence-electron chi connectivity index (χ2n) is 5.81. The summed E-state index contributed by atoms with van der Waals surface area (Å²) < 4.78 is 15.3. The summed E-state index contributed by atoms with van der Waals surface area (Å²) in [6.07, 6.45) is 4.99. The fourth-order valence-electron chi connectivity index (χ4n) is 2.01. The summed E-state index contributed by atoms with van der Waals surface area (Å²) in [5.41, 5.74) is 0. The van der Waals surface area contributed by atoms with Gasteiger partial charge in [-0.25, -0.2) is 9.59 Å². The first-order valence-corrected chi connectivity index (χ1v) is 8.43. The van der Waals surface area contributed by atoms with Gasteiger partial charge in [-0.1, -0.05) is 20.3 Å². The lowest BCUT2D eigenvalue weighted by molar-refractivity contribution is -0.141. The highest BCUT2D eigenvalue weighted by atomic mass is 16.5. The van der Waals surface area contributed by atoms with Gasteiger partial charge in [-0.15, -0.1) is 0 Å². The normalized spacial score (nSPS) is 17.1. The maximum absolute atomic E-state index is 11.5. The Morgan fingerprint density at radius 2 is 1.78 bits per heavy atom. The van der Waals surface area contributed by atoms with Gasteiger partial charge in [0.1, 0.15) is 0 Å². The number of unbranched alkanes of at least 4 members (excludes halogenated alkanes) is 1. The Balaban J connectivity index is 2.02. The van der Waals surface area contributed by atoms with E-state index in [0.717, 1.165) is 64.3 Å². The molecule has 0 radical (unpaired) electrons. The van der Waals surface area contributed by atoms with E-state index in [1.165, 1.54) is 0 Å². The van der Waals surface area contributed by atoms with Crippen LogP contribution in [0.3, 0.4) is 0 Å². The molecule has 6 nitrogen and oxygen atoms in total. The maximum Gasteiger partial charge on any atom is 0.331 e. The number of nitrogens with zero attached hydrogens (tertiary/aromatic N) is 1. The lowest BCUT2D eigenvalue weighted by atomic mass is 10.1. The Kier molecular flexibility index (Phi) is 10.3. The zero-order valence-corrected chi connectivity index (χ0v) is 14.3. The van der Waals surface area contributed by atoms with Crippen LogP contribution in [-0.2, 0) is 23.8 Å². The molecule has 0 spiro atoms. The molecule has 0 aromatic carbocycles. The lowest BCUT2D eigenvalue weighted by Gasteiger charge is -2.26. The van der Waals surface area contributed by atoms with Crippen LogP contribution in [0.2, 0.25) is 0 Å². The van der Waals surface area contributed by atoms with Crippen molar-refractivity contribution in [1.82, 2.24) is 4.90 Å². The molecule has 1 atom stereocenters. The van der Waals surface area contributed by atoms with E-state index >= 15 is 0 Å². The van der Waals surface area contributed by atoms with Gasteiger partial charge in [-0.3, -0.25) is 4.90 Å². The highest BCUT2D eigenvalue weighted by Crippen LogP contribution is 2.02. The summed E-state index contributed by atoms with van der Waals surface area (Å²) >= 11 is 0. The molecule has 0 amide bonds. The van der Waals surface area contributed by atoms with E-state index in [-0.39, 0.29) is 0 Å². The largest absolute Gasteiger partial charge is 0.463 e. The van der Waals surface area contributed by atoms with E-state index in [9.17, 15) is 9.59 Å². The molecule has 0 aromatic rings. The molecule has 1 saturated heterocycles. The fraction of sp³-hybridized carbons (Fsp3) is 0.765. The third-order valence-electron chi connectivity index (χ3n) is 3.78. The molecule has 1 unspecified atom stereocenters. The number of hydrogen-bond acceptors (Lipinski definition) is 6. The number of carbonyl (C=O) groups is 2. The van der Waals surface area contributed by atoms with Crippen molar-refractivity contribution >= 4 is 11.9 Å². The highest BCUT2D eigenvalue weighted by Gasteiger charge is 2.09. The second-order valence-corrected chi connectivity index (χ2v) is 5.81. The monoisotopic (exact) mass is 327 g/mol. The molecule has 1 rings (SSSR count). The topological polar surface area (TPSA) is 65.1 Å². The Morgan fingerprint density at radius 3 is 2.43 bits per heavy atom. The van der Waals surface area contributed by atoms with Crippen LogP contribution in [0.4, 0.5) is 0 Å². The van der Waals surface area contributed by atoms with Crippen molar-refractivity contribution in [2.75, 3.05) is 46.1 Å². The predicted molar refractivity (Wildman–Crippen MR) is 87.0 cm³/mol. The number of hydrogen-bond donors (Lipinski definition) is 0. The van der Waals surface area contributed by atoms with Gasteiger partial charge < -0.3 is 14.2 Å². The van der Waals surface area contributed by atoms with Crippen LogP contribution < -0.4 is 0 Å². The van der Waals surface area contributed by atoms with Gasteiger partial charge in [0.15, 0.2) is 0 Å². The van der Waals surface area contributed by atoms with Crippen molar-refractivity contribution < 1.29 is 23.8 Å². The second kappa shape index (κ2) is 12.1. The van der Waals surface area contributed by atoms with Gasteiger partial charge >= 0.3 is 11.9 Å². The van der Waals surface area contributed by atoms with Gasteiger partial charge in [-0.05, 0) is 25.3 Å². The van der Waals surface area contributed by atoms with E-state index in [1.807, 2.05) is 13.8 Å². The Bertz CT molecular complexity index is 377. The van der Waals surface area contributed by atoms with Crippen LogP contribution in [0.1, 0.15) is 33.1 Å². The predicted octanol–water partition coefficient (Wildman–Crippen LogP) is 1.79. The fourth-order valence-corrected chi connectivity index (χ4v) is 2.01. The van der Waals surface area contributed by atoms with Crippen LogP contribution in [-0.4, -0.2) is 62.9 Å². The minimum absolute atomic E-state index is 0.325. The van der Waals surface area contributed by atoms with Gasteiger partial charge in [0.25, 0.3) is 0 Å². The minimum Gasteiger partial charge on any atom is -0.463 e. The molecule has 0 aliphatic carbocycles. The SMILES string of the molecule is CCC(C)COC(=O)/C=C/C(=O)OCCCCN1CCOCC1. The zero-order valence-electron chi connectivity index (χ0n) is 14.3.